The Morgan fingerprint density at radius 1 is 1.20 bits per heavy atom. The Morgan fingerprint density at radius 2 is 1.90 bits per heavy atom. The maximum atomic E-state index is 12.6. The van der Waals surface area contributed by atoms with Gasteiger partial charge in [-0.1, -0.05) is 13.8 Å². The minimum absolute atomic E-state index is 0.0626. The molecule has 1 aliphatic carbocycles. The maximum Gasteiger partial charge on any atom is 0.241 e. The zero-order valence-corrected chi connectivity index (χ0v) is 13.3. The van der Waals surface area contributed by atoms with Crippen LogP contribution in [0.1, 0.15) is 51.8 Å². The third kappa shape index (κ3) is 2.51. The lowest BCUT2D eigenvalue weighted by Gasteiger charge is -2.39. The number of rotatable bonds is 2. The minimum atomic E-state index is -0.0626. The number of thiophene rings is 1. The number of nitrogens with one attached hydrogen (secondary N) is 1. The first-order valence-electron chi connectivity index (χ1n) is 7.66. The van der Waals surface area contributed by atoms with Crippen LogP contribution in [0.25, 0.3) is 0 Å². The van der Waals surface area contributed by atoms with Crippen molar-refractivity contribution in [3.8, 4) is 0 Å². The zero-order valence-electron chi connectivity index (χ0n) is 12.5. The van der Waals surface area contributed by atoms with E-state index in [1.54, 1.807) is 11.3 Å². The molecule has 1 aromatic rings. The van der Waals surface area contributed by atoms with E-state index in [9.17, 15) is 4.79 Å². The van der Waals surface area contributed by atoms with Gasteiger partial charge in [0.2, 0.25) is 5.91 Å². The van der Waals surface area contributed by atoms with Crippen molar-refractivity contribution in [1.29, 1.82) is 0 Å². The van der Waals surface area contributed by atoms with Crippen molar-refractivity contribution in [3.63, 3.8) is 0 Å². The predicted molar refractivity (Wildman–Crippen MR) is 82.5 cm³/mol. The molecule has 2 aliphatic rings. The molecule has 0 bridgehead atoms. The van der Waals surface area contributed by atoms with Crippen LogP contribution in [0.4, 0.5) is 0 Å². The Hall–Kier alpha value is -0.870. The molecule has 0 aromatic carbocycles. The van der Waals surface area contributed by atoms with Crippen molar-refractivity contribution in [1.82, 2.24) is 10.2 Å². The van der Waals surface area contributed by atoms with E-state index in [0.29, 0.717) is 6.04 Å². The van der Waals surface area contributed by atoms with Crippen molar-refractivity contribution in [2.45, 2.75) is 58.3 Å². The smallest absolute Gasteiger partial charge is 0.241 e. The Bertz CT molecular complexity index is 463. The van der Waals surface area contributed by atoms with Crippen LogP contribution in [0.3, 0.4) is 0 Å². The Kier molecular flexibility index (Phi) is 3.87. The molecule has 3 nitrogen and oxygen atoms in total. The summed E-state index contributed by atoms with van der Waals surface area (Å²) in [6.45, 7) is 6.62. The molecular weight excluding hydrogens is 268 g/mol. The lowest BCUT2D eigenvalue weighted by atomic mass is 9.79. The summed E-state index contributed by atoms with van der Waals surface area (Å²) in [4.78, 5) is 14.7. The third-order valence-corrected chi connectivity index (χ3v) is 5.42. The second-order valence-electron chi connectivity index (χ2n) is 6.66. The molecule has 4 atom stereocenters. The fraction of sp³-hybridized carbons (Fsp3) is 0.688. The van der Waals surface area contributed by atoms with Gasteiger partial charge in [-0.2, -0.15) is 11.3 Å². The normalized spacial score (nSPS) is 38.5. The lowest BCUT2D eigenvalue weighted by molar-refractivity contribution is -0.133. The van der Waals surface area contributed by atoms with Crippen LogP contribution in [0.15, 0.2) is 16.8 Å². The van der Waals surface area contributed by atoms with Gasteiger partial charge in [0.15, 0.2) is 0 Å². The number of nitrogens with zero attached hydrogens (tertiary/aromatic N) is 1. The fourth-order valence-electron chi connectivity index (χ4n) is 3.95. The van der Waals surface area contributed by atoms with Crippen LogP contribution in [0.5, 0.6) is 0 Å². The first-order chi connectivity index (χ1) is 9.56. The third-order valence-electron chi connectivity index (χ3n) is 4.72. The molecule has 1 aromatic heterocycles. The van der Waals surface area contributed by atoms with E-state index in [1.807, 2.05) is 6.92 Å². The quantitative estimate of drug-likeness (QED) is 0.906. The fourth-order valence-corrected chi connectivity index (χ4v) is 4.63. The predicted octanol–water partition coefficient (Wildman–Crippen LogP) is 3.39. The minimum Gasteiger partial charge on any atom is -0.319 e. The van der Waals surface area contributed by atoms with Crippen LogP contribution in [-0.2, 0) is 4.79 Å². The Labute approximate surface area is 125 Å². The SMILES string of the molecule is CC1CC(C)CC(N2C(=O)C(C)NC2c2ccsc2)C1. The van der Waals surface area contributed by atoms with E-state index >= 15 is 0 Å². The monoisotopic (exact) mass is 292 g/mol. The van der Waals surface area contributed by atoms with Gasteiger partial charge in [0.25, 0.3) is 0 Å². The molecule has 2 fully saturated rings. The summed E-state index contributed by atoms with van der Waals surface area (Å²) in [5.74, 6) is 1.71. The van der Waals surface area contributed by atoms with Crippen molar-refractivity contribution >= 4 is 17.2 Å². The highest BCUT2D eigenvalue weighted by Gasteiger charge is 2.43. The van der Waals surface area contributed by atoms with Crippen LogP contribution >= 0.6 is 11.3 Å². The molecule has 3 rings (SSSR count). The lowest BCUT2D eigenvalue weighted by Crippen LogP contribution is -2.43. The first kappa shape index (κ1) is 14.1. The summed E-state index contributed by atoms with van der Waals surface area (Å²) >= 11 is 1.70. The Morgan fingerprint density at radius 3 is 2.50 bits per heavy atom. The van der Waals surface area contributed by atoms with Crippen molar-refractivity contribution in [3.05, 3.63) is 22.4 Å². The van der Waals surface area contributed by atoms with E-state index < -0.39 is 0 Å². The highest BCUT2D eigenvalue weighted by Crippen LogP contribution is 2.37. The van der Waals surface area contributed by atoms with Gasteiger partial charge < -0.3 is 4.90 Å². The van der Waals surface area contributed by atoms with E-state index in [4.69, 9.17) is 0 Å². The molecule has 110 valence electrons. The molecule has 1 saturated carbocycles. The van der Waals surface area contributed by atoms with Crippen LogP contribution < -0.4 is 5.32 Å². The summed E-state index contributed by atoms with van der Waals surface area (Å²) in [5, 5.41) is 7.72. The number of amides is 1. The number of carbonyl (C=O) groups excluding carboxylic acids is 1. The summed E-state index contributed by atoms with van der Waals surface area (Å²) in [6, 6.07) is 2.46. The molecule has 1 saturated heterocycles. The van der Waals surface area contributed by atoms with Gasteiger partial charge >= 0.3 is 0 Å². The second kappa shape index (κ2) is 5.49. The molecule has 1 aliphatic heterocycles. The van der Waals surface area contributed by atoms with Gasteiger partial charge in [-0.25, -0.2) is 0 Å². The summed E-state index contributed by atoms with van der Waals surface area (Å²) in [7, 11) is 0. The number of hydrogen-bond donors (Lipinski definition) is 1. The van der Waals surface area contributed by atoms with Gasteiger partial charge in [-0.3, -0.25) is 10.1 Å². The van der Waals surface area contributed by atoms with Gasteiger partial charge in [-0.05, 0) is 60.4 Å². The maximum absolute atomic E-state index is 12.6. The van der Waals surface area contributed by atoms with E-state index in [1.165, 1.54) is 12.0 Å². The van der Waals surface area contributed by atoms with E-state index in [0.717, 1.165) is 24.7 Å². The molecular formula is C16H24N2OS. The molecule has 20 heavy (non-hydrogen) atoms. The average Bonchev–Trinajstić information content (AvgIpc) is 2.97. The number of carbonyl (C=O) groups is 1. The number of hydrogen-bond acceptors (Lipinski definition) is 3. The molecule has 2 heterocycles. The highest BCUT2D eigenvalue weighted by atomic mass is 32.1. The summed E-state index contributed by atoms with van der Waals surface area (Å²) in [6.07, 6.45) is 3.66. The second-order valence-corrected chi connectivity index (χ2v) is 7.44. The van der Waals surface area contributed by atoms with Gasteiger partial charge in [0, 0.05) is 6.04 Å². The summed E-state index contributed by atoms with van der Waals surface area (Å²) < 4.78 is 0. The van der Waals surface area contributed by atoms with Crippen LogP contribution in [-0.4, -0.2) is 22.9 Å². The molecule has 4 unspecified atom stereocenters. The van der Waals surface area contributed by atoms with Crippen molar-refractivity contribution in [2.24, 2.45) is 11.8 Å². The summed E-state index contributed by atoms with van der Waals surface area (Å²) in [5.41, 5.74) is 1.23. The van der Waals surface area contributed by atoms with Crippen molar-refractivity contribution in [2.75, 3.05) is 0 Å². The first-order valence-corrected chi connectivity index (χ1v) is 8.61. The zero-order chi connectivity index (χ0) is 14.3. The van der Waals surface area contributed by atoms with Gasteiger partial charge in [0.1, 0.15) is 6.17 Å². The molecule has 4 heteroatoms. The largest absolute Gasteiger partial charge is 0.319 e. The van der Waals surface area contributed by atoms with E-state index in [2.05, 4.69) is 40.9 Å². The average molecular weight is 292 g/mol. The highest BCUT2D eigenvalue weighted by molar-refractivity contribution is 7.07. The van der Waals surface area contributed by atoms with Crippen molar-refractivity contribution < 1.29 is 4.79 Å². The standard InChI is InChI=1S/C16H24N2OS/c1-10-6-11(2)8-14(7-10)18-15(13-4-5-20-9-13)17-12(3)16(18)19/h4-5,9-12,14-15,17H,6-8H2,1-3H3. The molecule has 0 radical (unpaired) electrons. The van der Waals surface area contributed by atoms with Crippen LogP contribution in [0, 0.1) is 11.8 Å². The van der Waals surface area contributed by atoms with Gasteiger partial charge in [-0.15, -0.1) is 0 Å². The van der Waals surface area contributed by atoms with Gasteiger partial charge in [0.05, 0.1) is 6.04 Å². The molecule has 0 spiro atoms. The Balaban J connectivity index is 1.86. The van der Waals surface area contributed by atoms with E-state index in [-0.39, 0.29) is 18.1 Å². The molecule has 1 amide bonds. The molecule has 1 N–H and O–H groups in total. The topological polar surface area (TPSA) is 32.3 Å². The van der Waals surface area contributed by atoms with Crippen LogP contribution in [0.2, 0.25) is 0 Å².